The lowest BCUT2D eigenvalue weighted by atomic mass is 10.2. The minimum Gasteiger partial charge on any atom is -0.379 e. The topological polar surface area (TPSA) is 62.9 Å². The second kappa shape index (κ2) is 13.7. The molecule has 1 aromatic rings. The summed E-state index contributed by atoms with van der Waals surface area (Å²) in [6, 6.07) is 8.71. The monoisotopic (exact) mass is 478 g/mol. The number of nitrogens with one attached hydrogen (secondary N) is 1. The first-order chi connectivity index (χ1) is 11.7. The molecular formula is C18H31IN4OS. The Morgan fingerprint density at radius 1 is 1.28 bits per heavy atom. The van der Waals surface area contributed by atoms with Gasteiger partial charge in [-0.3, -0.25) is 9.89 Å². The smallest absolute Gasteiger partial charge is 0.188 e. The molecule has 0 bridgehead atoms. The normalized spacial score (nSPS) is 15.6. The Hall–Kier alpha value is -0.510. The van der Waals surface area contributed by atoms with Gasteiger partial charge in [0, 0.05) is 44.2 Å². The van der Waals surface area contributed by atoms with Crippen LogP contribution in [0, 0.1) is 6.92 Å². The lowest BCUT2D eigenvalue weighted by Gasteiger charge is -2.26. The first kappa shape index (κ1) is 22.5. The van der Waals surface area contributed by atoms with Gasteiger partial charge < -0.3 is 15.8 Å². The molecule has 1 fully saturated rings. The van der Waals surface area contributed by atoms with Crippen molar-refractivity contribution in [2.24, 2.45) is 10.7 Å². The zero-order valence-electron chi connectivity index (χ0n) is 15.1. The van der Waals surface area contributed by atoms with E-state index in [0.717, 1.165) is 63.9 Å². The van der Waals surface area contributed by atoms with Crippen molar-refractivity contribution in [1.82, 2.24) is 10.2 Å². The third-order valence-electron chi connectivity index (χ3n) is 3.96. The van der Waals surface area contributed by atoms with Crippen LogP contribution in [0.15, 0.2) is 29.3 Å². The highest BCUT2D eigenvalue weighted by Crippen LogP contribution is 2.12. The molecule has 2 rings (SSSR count). The first-order valence-electron chi connectivity index (χ1n) is 8.71. The molecule has 0 radical (unpaired) electrons. The minimum atomic E-state index is 0. The van der Waals surface area contributed by atoms with Crippen LogP contribution in [0.4, 0.5) is 0 Å². The molecule has 1 heterocycles. The van der Waals surface area contributed by atoms with Crippen LogP contribution in [0.3, 0.4) is 0 Å². The number of nitrogens with two attached hydrogens (primary N) is 1. The van der Waals surface area contributed by atoms with Gasteiger partial charge in [-0.25, -0.2) is 0 Å². The molecule has 25 heavy (non-hydrogen) atoms. The summed E-state index contributed by atoms with van der Waals surface area (Å²) >= 11 is 1.91. The Balaban J connectivity index is 0.00000312. The van der Waals surface area contributed by atoms with Crippen molar-refractivity contribution in [2.75, 3.05) is 51.7 Å². The second-order valence-corrected chi connectivity index (χ2v) is 7.14. The van der Waals surface area contributed by atoms with E-state index in [9.17, 15) is 0 Å². The molecule has 0 aliphatic carbocycles. The van der Waals surface area contributed by atoms with Gasteiger partial charge in [-0.15, -0.1) is 24.0 Å². The van der Waals surface area contributed by atoms with Crippen LogP contribution in [0.2, 0.25) is 0 Å². The number of hydrogen-bond donors (Lipinski definition) is 2. The number of ether oxygens (including phenoxy) is 1. The van der Waals surface area contributed by atoms with Crippen LogP contribution in [0.25, 0.3) is 0 Å². The molecule has 1 saturated heterocycles. The summed E-state index contributed by atoms with van der Waals surface area (Å²) in [6.07, 6.45) is 1.05. The van der Waals surface area contributed by atoms with E-state index in [4.69, 9.17) is 10.5 Å². The van der Waals surface area contributed by atoms with Gasteiger partial charge in [0.2, 0.25) is 0 Å². The highest BCUT2D eigenvalue weighted by atomic mass is 127. The van der Waals surface area contributed by atoms with Crippen molar-refractivity contribution in [1.29, 1.82) is 0 Å². The number of rotatable bonds is 9. The number of morpholine rings is 1. The maximum atomic E-state index is 5.90. The van der Waals surface area contributed by atoms with Gasteiger partial charge in [0.05, 0.1) is 13.2 Å². The maximum Gasteiger partial charge on any atom is 0.188 e. The Morgan fingerprint density at radius 3 is 2.72 bits per heavy atom. The van der Waals surface area contributed by atoms with Crippen molar-refractivity contribution in [3.8, 4) is 0 Å². The average Bonchev–Trinajstić information content (AvgIpc) is 2.61. The molecule has 7 heteroatoms. The largest absolute Gasteiger partial charge is 0.379 e. The van der Waals surface area contributed by atoms with E-state index in [-0.39, 0.29) is 24.0 Å². The van der Waals surface area contributed by atoms with Crippen molar-refractivity contribution in [2.45, 2.75) is 19.1 Å². The van der Waals surface area contributed by atoms with Crippen LogP contribution in [0.1, 0.15) is 17.5 Å². The van der Waals surface area contributed by atoms with Crippen molar-refractivity contribution < 1.29 is 4.74 Å². The Kier molecular flexibility index (Phi) is 12.3. The molecule has 0 saturated carbocycles. The predicted molar refractivity (Wildman–Crippen MR) is 119 cm³/mol. The molecule has 0 aromatic heterocycles. The van der Waals surface area contributed by atoms with E-state index >= 15 is 0 Å². The maximum absolute atomic E-state index is 5.90. The summed E-state index contributed by atoms with van der Waals surface area (Å²) in [5.41, 5.74) is 8.58. The fraction of sp³-hybridized carbons (Fsp3) is 0.611. The van der Waals surface area contributed by atoms with Crippen molar-refractivity contribution >= 4 is 41.7 Å². The fourth-order valence-corrected chi connectivity index (χ4v) is 3.32. The number of aryl methyl sites for hydroxylation is 1. The zero-order chi connectivity index (χ0) is 17.0. The SMILES string of the molecule is Cc1ccc(CSCCNC(N)=NCCCN2CCOCC2)cc1.I. The number of hydrogen-bond acceptors (Lipinski definition) is 4. The first-order valence-corrected chi connectivity index (χ1v) is 9.87. The third-order valence-corrected chi connectivity index (χ3v) is 4.99. The van der Waals surface area contributed by atoms with E-state index in [0.29, 0.717) is 5.96 Å². The number of nitrogens with zero attached hydrogens (tertiary/aromatic N) is 2. The molecule has 3 N–H and O–H groups in total. The van der Waals surface area contributed by atoms with Crippen molar-refractivity contribution in [3.63, 3.8) is 0 Å². The molecule has 5 nitrogen and oxygen atoms in total. The van der Waals surface area contributed by atoms with Gasteiger partial charge >= 0.3 is 0 Å². The predicted octanol–water partition coefficient (Wildman–Crippen LogP) is 2.47. The molecule has 1 aliphatic heterocycles. The molecular weight excluding hydrogens is 447 g/mol. The third kappa shape index (κ3) is 10.3. The van der Waals surface area contributed by atoms with E-state index in [1.807, 2.05) is 11.8 Å². The summed E-state index contributed by atoms with van der Waals surface area (Å²) in [4.78, 5) is 6.81. The summed E-state index contributed by atoms with van der Waals surface area (Å²) in [5, 5.41) is 3.19. The van der Waals surface area contributed by atoms with Crippen LogP contribution >= 0.6 is 35.7 Å². The lowest BCUT2D eigenvalue weighted by Crippen LogP contribution is -2.37. The lowest BCUT2D eigenvalue weighted by molar-refractivity contribution is 0.0377. The minimum absolute atomic E-state index is 0. The number of thioether (sulfide) groups is 1. The second-order valence-electron chi connectivity index (χ2n) is 6.04. The van der Waals surface area contributed by atoms with E-state index in [2.05, 4.69) is 46.4 Å². The van der Waals surface area contributed by atoms with Crippen LogP contribution in [-0.2, 0) is 10.5 Å². The Morgan fingerprint density at radius 2 is 2.00 bits per heavy atom. The van der Waals surface area contributed by atoms with Crippen LogP contribution in [0.5, 0.6) is 0 Å². The Labute approximate surface area is 173 Å². The highest BCUT2D eigenvalue weighted by molar-refractivity contribution is 14.0. The number of aliphatic imine (C=N–C) groups is 1. The molecule has 0 amide bonds. The van der Waals surface area contributed by atoms with Gasteiger partial charge in [0.25, 0.3) is 0 Å². The van der Waals surface area contributed by atoms with Gasteiger partial charge in [-0.05, 0) is 18.9 Å². The zero-order valence-corrected chi connectivity index (χ0v) is 18.2. The van der Waals surface area contributed by atoms with Crippen LogP contribution in [-0.4, -0.2) is 62.5 Å². The van der Waals surface area contributed by atoms with Gasteiger partial charge in [0.1, 0.15) is 0 Å². The molecule has 0 atom stereocenters. The average molecular weight is 478 g/mol. The van der Waals surface area contributed by atoms with Gasteiger partial charge in [-0.2, -0.15) is 11.8 Å². The van der Waals surface area contributed by atoms with Gasteiger partial charge in [0.15, 0.2) is 5.96 Å². The molecule has 0 unspecified atom stereocenters. The summed E-state index contributed by atoms with van der Waals surface area (Å²) < 4.78 is 5.34. The van der Waals surface area contributed by atoms with Gasteiger partial charge in [-0.1, -0.05) is 29.8 Å². The fourth-order valence-electron chi connectivity index (χ4n) is 2.50. The molecule has 1 aromatic carbocycles. The van der Waals surface area contributed by atoms with Crippen LogP contribution < -0.4 is 11.1 Å². The van der Waals surface area contributed by atoms with Crippen molar-refractivity contribution in [3.05, 3.63) is 35.4 Å². The molecule has 1 aliphatic rings. The van der Waals surface area contributed by atoms with E-state index in [1.165, 1.54) is 11.1 Å². The quantitative estimate of drug-likeness (QED) is 0.247. The molecule has 142 valence electrons. The van der Waals surface area contributed by atoms with E-state index < -0.39 is 0 Å². The standard InChI is InChI=1S/C18H30N4OS.HI/c1-16-3-5-17(6-4-16)15-24-14-8-21-18(19)20-7-2-9-22-10-12-23-13-11-22;/h3-6H,2,7-15H2,1H3,(H3,19,20,21);1H. The summed E-state index contributed by atoms with van der Waals surface area (Å²) in [6.45, 7) is 8.62. The summed E-state index contributed by atoms with van der Waals surface area (Å²) in [7, 11) is 0. The molecule has 0 spiro atoms. The number of halogens is 1. The number of guanidine groups is 1. The summed E-state index contributed by atoms with van der Waals surface area (Å²) in [5.74, 6) is 2.63. The van der Waals surface area contributed by atoms with E-state index in [1.54, 1.807) is 0 Å². The Bertz CT molecular complexity index is 492. The highest BCUT2D eigenvalue weighted by Gasteiger charge is 2.08. The number of benzene rings is 1.